The number of rotatable bonds is 71. The first kappa shape index (κ1) is 80.3. The Morgan fingerprint density at radius 2 is 0.573 bits per heavy atom. The SMILES string of the molecule is CCCCCC/C=C\CCCCCCCC(=O)OCCCCCCCCCCCCCC/C=C\CCCCCCCCCCCCCCCCCCCC(=O)NC(CO)C(O)CCCCCCCCCCCCCCCCCCCCC. The number of amides is 1. The summed E-state index contributed by atoms with van der Waals surface area (Å²) >= 11 is 0. The Balaban J connectivity index is 3.35. The Bertz CT molecular complexity index is 1280. The quantitative estimate of drug-likeness (QED) is 0.0320. The van der Waals surface area contributed by atoms with Crippen LogP contribution in [0.1, 0.15) is 425 Å². The van der Waals surface area contributed by atoms with Crippen LogP contribution in [0.3, 0.4) is 0 Å². The second kappa shape index (κ2) is 71.8. The molecule has 0 spiro atoms. The fraction of sp³-hybridized carbons (Fsp3) is 0.921. The third-order valence-corrected chi connectivity index (χ3v) is 17.7. The van der Waals surface area contributed by atoms with Gasteiger partial charge in [0, 0.05) is 12.8 Å². The molecule has 0 aliphatic carbocycles. The van der Waals surface area contributed by atoms with Gasteiger partial charge in [0.25, 0.3) is 0 Å². The molecule has 0 aliphatic rings. The molecule has 486 valence electrons. The van der Waals surface area contributed by atoms with Gasteiger partial charge in [0.05, 0.1) is 25.4 Å². The van der Waals surface area contributed by atoms with E-state index in [-0.39, 0.29) is 18.5 Å². The summed E-state index contributed by atoms with van der Waals surface area (Å²) in [5, 5.41) is 23.4. The van der Waals surface area contributed by atoms with Gasteiger partial charge < -0.3 is 20.3 Å². The van der Waals surface area contributed by atoms with E-state index in [0.717, 1.165) is 44.9 Å². The smallest absolute Gasteiger partial charge is 0.305 e. The van der Waals surface area contributed by atoms with Gasteiger partial charge in [-0.25, -0.2) is 0 Å². The molecule has 0 bridgehead atoms. The van der Waals surface area contributed by atoms with Crippen molar-refractivity contribution < 1.29 is 24.5 Å². The number of aliphatic hydroxyl groups excluding tert-OH is 2. The molecular formula is C76H147NO5. The van der Waals surface area contributed by atoms with Crippen molar-refractivity contribution in [3.63, 3.8) is 0 Å². The van der Waals surface area contributed by atoms with E-state index in [1.165, 1.54) is 347 Å². The summed E-state index contributed by atoms with van der Waals surface area (Å²) in [6.07, 6.45) is 91.1. The van der Waals surface area contributed by atoms with E-state index in [4.69, 9.17) is 4.74 Å². The van der Waals surface area contributed by atoms with Crippen LogP contribution in [0.5, 0.6) is 0 Å². The van der Waals surface area contributed by atoms with Crippen LogP contribution >= 0.6 is 0 Å². The zero-order valence-corrected chi connectivity index (χ0v) is 55.8. The number of hydrogen-bond acceptors (Lipinski definition) is 5. The van der Waals surface area contributed by atoms with Crippen LogP contribution in [0.15, 0.2) is 24.3 Å². The molecule has 2 unspecified atom stereocenters. The van der Waals surface area contributed by atoms with E-state index in [2.05, 4.69) is 43.5 Å². The summed E-state index contributed by atoms with van der Waals surface area (Å²) in [5.74, 6) is -0.0172. The van der Waals surface area contributed by atoms with Crippen molar-refractivity contribution in [2.75, 3.05) is 13.2 Å². The predicted molar refractivity (Wildman–Crippen MR) is 361 cm³/mol. The topological polar surface area (TPSA) is 95.9 Å². The van der Waals surface area contributed by atoms with Gasteiger partial charge in [0.15, 0.2) is 0 Å². The Morgan fingerprint density at radius 3 is 0.878 bits per heavy atom. The predicted octanol–water partition coefficient (Wildman–Crippen LogP) is 24.5. The lowest BCUT2D eigenvalue weighted by Gasteiger charge is -2.22. The van der Waals surface area contributed by atoms with Gasteiger partial charge in [-0.3, -0.25) is 9.59 Å². The van der Waals surface area contributed by atoms with Crippen LogP contribution in [0.25, 0.3) is 0 Å². The lowest BCUT2D eigenvalue weighted by Crippen LogP contribution is -2.45. The molecule has 0 heterocycles. The van der Waals surface area contributed by atoms with Gasteiger partial charge in [0.1, 0.15) is 0 Å². The molecule has 6 heteroatoms. The number of carbonyl (C=O) groups excluding carboxylic acids is 2. The largest absolute Gasteiger partial charge is 0.466 e. The van der Waals surface area contributed by atoms with E-state index < -0.39 is 12.1 Å². The molecule has 0 radical (unpaired) electrons. The van der Waals surface area contributed by atoms with Crippen LogP contribution in [0.2, 0.25) is 0 Å². The first-order valence-corrected chi connectivity index (χ1v) is 37.6. The maximum absolute atomic E-state index is 12.5. The second-order valence-corrected chi connectivity index (χ2v) is 26.0. The van der Waals surface area contributed by atoms with Crippen molar-refractivity contribution in [2.24, 2.45) is 0 Å². The molecular weight excluding hydrogens is 1010 g/mol. The summed E-state index contributed by atoms with van der Waals surface area (Å²) in [6.45, 7) is 4.98. The summed E-state index contributed by atoms with van der Waals surface area (Å²) in [4.78, 5) is 24.6. The van der Waals surface area contributed by atoms with E-state index in [1.54, 1.807) is 0 Å². The van der Waals surface area contributed by atoms with Gasteiger partial charge in [-0.05, 0) is 77.0 Å². The maximum atomic E-state index is 12.5. The van der Waals surface area contributed by atoms with Gasteiger partial charge >= 0.3 is 5.97 Å². The Hall–Kier alpha value is -1.66. The molecule has 6 nitrogen and oxygen atoms in total. The zero-order valence-electron chi connectivity index (χ0n) is 55.8. The van der Waals surface area contributed by atoms with Gasteiger partial charge in [-0.1, -0.05) is 359 Å². The number of hydrogen-bond donors (Lipinski definition) is 3. The highest BCUT2D eigenvalue weighted by atomic mass is 16.5. The van der Waals surface area contributed by atoms with E-state index in [9.17, 15) is 19.8 Å². The number of allylic oxidation sites excluding steroid dienone is 4. The van der Waals surface area contributed by atoms with E-state index in [1.807, 2.05) is 0 Å². The number of carbonyl (C=O) groups is 2. The van der Waals surface area contributed by atoms with Crippen molar-refractivity contribution in [1.82, 2.24) is 5.32 Å². The first-order chi connectivity index (χ1) is 40.5. The molecule has 0 aromatic heterocycles. The van der Waals surface area contributed by atoms with Crippen LogP contribution in [0, 0.1) is 0 Å². The van der Waals surface area contributed by atoms with Crippen LogP contribution < -0.4 is 5.32 Å². The van der Waals surface area contributed by atoms with E-state index in [0.29, 0.717) is 25.9 Å². The van der Waals surface area contributed by atoms with Crippen molar-refractivity contribution in [3.05, 3.63) is 24.3 Å². The fourth-order valence-electron chi connectivity index (χ4n) is 12.0. The minimum absolute atomic E-state index is 0.0101. The molecule has 0 aromatic carbocycles. The normalized spacial score (nSPS) is 12.6. The van der Waals surface area contributed by atoms with Crippen LogP contribution in [-0.2, 0) is 14.3 Å². The first-order valence-electron chi connectivity index (χ1n) is 37.6. The Morgan fingerprint density at radius 1 is 0.329 bits per heavy atom. The van der Waals surface area contributed by atoms with Crippen LogP contribution in [0.4, 0.5) is 0 Å². The third-order valence-electron chi connectivity index (χ3n) is 17.7. The zero-order chi connectivity index (χ0) is 59.2. The minimum Gasteiger partial charge on any atom is -0.466 e. The van der Waals surface area contributed by atoms with Crippen molar-refractivity contribution in [3.8, 4) is 0 Å². The maximum Gasteiger partial charge on any atom is 0.305 e. The van der Waals surface area contributed by atoms with Crippen LogP contribution in [-0.4, -0.2) is 47.4 Å². The average Bonchev–Trinajstić information content (AvgIpc) is 3.48. The summed E-state index contributed by atoms with van der Waals surface area (Å²) in [7, 11) is 0. The Labute approximate surface area is 513 Å². The molecule has 0 saturated carbocycles. The average molecular weight is 1160 g/mol. The number of aliphatic hydroxyl groups is 2. The molecule has 3 N–H and O–H groups in total. The molecule has 1 amide bonds. The van der Waals surface area contributed by atoms with E-state index >= 15 is 0 Å². The number of unbranched alkanes of at least 4 members (excludes halogenated alkanes) is 56. The van der Waals surface area contributed by atoms with Crippen molar-refractivity contribution in [1.29, 1.82) is 0 Å². The fourth-order valence-corrected chi connectivity index (χ4v) is 12.0. The minimum atomic E-state index is -0.662. The highest BCUT2D eigenvalue weighted by Gasteiger charge is 2.20. The molecule has 0 rings (SSSR count). The summed E-state index contributed by atoms with van der Waals surface area (Å²) in [6, 6.07) is -0.539. The second-order valence-electron chi connectivity index (χ2n) is 26.0. The molecule has 2 atom stereocenters. The molecule has 82 heavy (non-hydrogen) atoms. The highest BCUT2D eigenvalue weighted by Crippen LogP contribution is 2.19. The lowest BCUT2D eigenvalue weighted by molar-refractivity contribution is -0.143. The number of ether oxygens (including phenoxy) is 1. The van der Waals surface area contributed by atoms with Gasteiger partial charge in [0.2, 0.25) is 5.91 Å². The monoisotopic (exact) mass is 1150 g/mol. The van der Waals surface area contributed by atoms with Gasteiger partial charge in [-0.15, -0.1) is 0 Å². The summed E-state index contributed by atoms with van der Waals surface area (Å²) < 4.78 is 5.48. The van der Waals surface area contributed by atoms with Crippen molar-refractivity contribution >= 4 is 11.9 Å². The van der Waals surface area contributed by atoms with Crippen molar-refractivity contribution in [2.45, 2.75) is 437 Å². The Kier molecular flexibility index (Phi) is 70.4. The highest BCUT2D eigenvalue weighted by molar-refractivity contribution is 5.76. The summed E-state index contributed by atoms with van der Waals surface area (Å²) in [5.41, 5.74) is 0. The molecule has 0 fully saturated rings. The number of esters is 1. The molecule has 0 aromatic rings. The molecule has 0 aliphatic heterocycles. The number of nitrogens with one attached hydrogen (secondary N) is 1. The third kappa shape index (κ3) is 67.5. The standard InChI is InChI=1S/C76H147NO5/c1-3-5-7-9-11-13-15-17-18-19-35-38-41-45-48-52-56-60-64-68-74(79)73(72-78)77-75(80)69-65-61-57-53-49-46-42-39-36-33-31-29-27-25-23-21-20-22-24-26-28-30-32-34-37-40-43-47-51-55-59-63-67-71-82-76(81)70-66-62-58-54-50-44-16-14-12-10-8-6-4-2/h14,16,24,26,73-74,78-79H,3-13,15,17-23,25,27-72H2,1-2H3,(H,77,80)/b16-14-,26-24-. The lowest BCUT2D eigenvalue weighted by atomic mass is 10.0. The van der Waals surface area contributed by atoms with Gasteiger partial charge in [-0.2, -0.15) is 0 Å². The molecule has 0 saturated heterocycles.